The highest BCUT2D eigenvalue weighted by Gasteiger charge is 2.07. The summed E-state index contributed by atoms with van der Waals surface area (Å²) in [6.07, 6.45) is 3.18. The molecule has 0 saturated carbocycles. The highest BCUT2D eigenvalue weighted by atomic mass is 16.5. The van der Waals surface area contributed by atoms with Crippen molar-refractivity contribution in [1.82, 2.24) is 0 Å². The molecule has 5 nitrogen and oxygen atoms in total. The summed E-state index contributed by atoms with van der Waals surface area (Å²) in [5.41, 5.74) is 2.05. The molecule has 0 aliphatic carbocycles. The van der Waals surface area contributed by atoms with Gasteiger partial charge < -0.3 is 14.8 Å². The summed E-state index contributed by atoms with van der Waals surface area (Å²) in [6.45, 7) is 5.39. The van der Waals surface area contributed by atoms with Crippen LogP contribution in [-0.2, 0) is 4.79 Å². The molecule has 0 aliphatic heterocycles. The molecule has 0 spiro atoms. The Morgan fingerprint density at radius 1 is 1.04 bits per heavy atom. The molecule has 2 aromatic rings. The van der Waals surface area contributed by atoms with Gasteiger partial charge in [-0.15, -0.1) is 0 Å². The van der Waals surface area contributed by atoms with Crippen molar-refractivity contribution in [2.24, 2.45) is 0 Å². The van der Waals surface area contributed by atoms with Crippen LogP contribution in [0.3, 0.4) is 0 Å². The molecule has 0 aromatic heterocycles. The van der Waals surface area contributed by atoms with Crippen LogP contribution in [0.1, 0.15) is 36.7 Å². The number of hydrogen-bond donors (Lipinski definition) is 1. The number of benzene rings is 2. The van der Waals surface area contributed by atoms with E-state index in [1.165, 1.54) is 13.0 Å². The van der Waals surface area contributed by atoms with Crippen molar-refractivity contribution in [2.45, 2.75) is 26.9 Å². The van der Waals surface area contributed by atoms with E-state index in [9.17, 15) is 9.59 Å². The molecule has 2 aromatic carbocycles. The van der Waals surface area contributed by atoms with Crippen LogP contribution in [0.15, 0.2) is 48.5 Å². The first-order valence-electron chi connectivity index (χ1n) is 8.34. The molecule has 2 rings (SSSR count). The molecule has 136 valence electrons. The van der Waals surface area contributed by atoms with Gasteiger partial charge in [0, 0.05) is 17.3 Å². The molecular weight excluding hydrogens is 330 g/mol. The molecule has 0 fully saturated rings. The molecule has 5 heteroatoms. The van der Waals surface area contributed by atoms with Crippen LogP contribution < -0.4 is 14.8 Å². The van der Waals surface area contributed by atoms with Crippen LogP contribution in [0.25, 0.3) is 6.08 Å². The second-order valence-electron chi connectivity index (χ2n) is 6.03. The first-order valence-corrected chi connectivity index (χ1v) is 8.34. The number of ether oxygens (including phenoxy) is 2. The number of carbonyl (C=O) groups is 2. The summed E-state index contributed by atoms with van der Waals surface area (Å²) in [5, 5.41) is 2.75. The lowest BCUT2D eigenvalue weighted by Crippen LogP contribution is -2.08. The van der Waals surface area contributed by atoms with Gasteiger partial charge in [0.2, 0.25) is 5.91 Å². The first-order chi connectivity index (χ1) is 12.4. The van der Waals surface area contributed by atoms with Crippen LogP contribution in [-0.4, -0.2) is 24.9 Å². The van der Waals surface area contributed by atoms with E-state index in [4.69, 9.17) is 9.47 Å². The number of hydrogen-bond acceptors (Lipinski definition) is 4. The lowest BCUT2D eigenvalue weighted by atomic mass is 10.1. The summed E-state index contributed by atoms with van der Waals surface area (Å²) < 4.78 is 11.0. The van der Waals surface area contributed by atoms with E-state index in [1.807, 2.05) is 32.0 Å². The highest BCUT2D eigenvalue weighted by Crippen LogP contribution is 2.29. The molecule has 0 aliphatic rings. The molecular formula is C21H23NO4. The van der Waals surface area contributed by atoms with E-state index < -0.39 is 0 Å². The van der Waals surface area contributed by atoms with Crippen molar-refractivity contribution < 1.29 is 19.1 Å². The van der Waals surface area contributed by atoms with Crippen LogP contribution >= 0.6 is 0 Å². The smallest absolute Gasteiger partial charge is 0.248 e. The van der Waals surface area contributed by atoms with Gasteiger partial charge in [0.25, 0.3) is 0 Å². The lowest BCUT2D eigenvalue weighted by molar-refractivity contribution is -0.111. The van der Waals surface area contributed by atoms with Crippen molar-refractivity contribution in [3.8, 4) is 11.5 Å². The number of nitrogens with one attached hydrogen (secondary N) is 1. The van der Waals surface area contributed by atoms with E-state index in [2.05, 4.69) is 5.32 Å². The number of methoxy groups -OCH3 is 1. The Kier molecular flexibility index (Phi) is 6.55. The molecule has 0 saturated heterocycles. The molecule has 1 N–H and O–H groups in total. The first kappa shape index (κ1) is 19.2. The number of amides is 1. The zero-order valence-electron chi connectivity index (χ0n) is 15.4. The molecule has 0 unspecified atom stereocenters. The summed E-state index contributed by atoms with van der Waals surface area (Å²) in [7, 11) is 1.58. The number of rotatable bonds is 7. The van der Waals surface area contributed by atoms with Crippen molar-refractivity contribution in [2.75, 3.05) is 12.4 Å². The maximum atomic E-state index is 12.1. The van der Waals surface area contributed by atoms with Crippen molar-refractivity contribution in [1.29, 1.82) is 0 Å². The van der Waals surface area contributed by atoms with Crippen LogP contribution in [0.4, 0.5) is 5.69 Å². The lowest BCUT2D eigenvalue weighted by Gasteiger charge is -2.13. The normalized spacial score (nSPS) is 10.8. The monoisotopic (exact) mass is 353 g/mol. The molecule has 0 bridgehead atoms. The third-order valence-corrected chi connectivity index (χ3v) is 3.54. The number of Topliss-reactive ketones (excluding diaryl/α,β-unsaturated/α-hetero) is 1. The predicted octanol–water partition coefficient (Wildman–Crippen LogP) is 4.34. The van der Waals surface area contributed by atoms with Gasteiger partial charge in [-0.25, -0.2) is 0 Å². The van der Waals surface area contributed by atoms with E-state index in [0.29, 0.717) is 22.7 Å². The molecule has 26 heavy (non-hydrogen) atoms. The number of ketones is 1. The van der Waals surface area contributed by atoms with E-state index in [0.717, 1.165) is 5.56 Å². The number of carbonyl (C=O) groups excluding carboxylic acids is 2. The summed E-state index contributed by atoms with van der Waals surface area (Å²) in [5.74, 6) is 0.999. The summed E-state index contributed by atoms with van der Waals surface area (Å²) in [6, 6.07) is 12.2. The Hall–Kier alpha value is -3.08. The van der Waals surface area contributed by atoms with Crippen LogP contribution in [0.2, 0.25) is 0 Å². The Morgan fingerprint density at radius 3 is 2.31 bits per heavy atom. The number of anilines is 1. The second-order valence-corrected chi connectivity index (χ2v) is 6.03. The van der Waals surface area contributed by atoms with Crippen LogP contribution in [0, 0.1) is 0 Å². The third kappa shape index (κ3) is 5.48. The maximum absolute atomic E-state index is 12.1. The highest BCUT2D eigenvalue weighted by molar-refractivity contribution is 6.02. The zero-order valence-corrected chi connectivity index (χ0v) is 15.4. The Balaban J connectivity index is 2.04. The topological polar surface area (TPSA) is 64.6 Å². The molecule has 0 heterocycles. The van der Waals surface area contributed by atoms with Gasteiger partial charge in [0.1, 0.15) is 0 Å². The molecule has 1 amide bonds. The quantitative estimate of drug-likeness (QED) is 0.594. The Bertz CT molecular complexity index is 807. The molecule has 0 atom stereocenters. The standard InChI is InChI=1S/C21H23NO4/c1-14(2)26-19-11-5-16(13-20(19)25-4)6-12-21(24)22-18-9-7-17(8-10-18)15(3)23/h5-14H,1-4H3,(H,22,24)/b12-6+. The minimum Gasteiger partial charge on any atom is -0.493 e. The van der Waals surface area contributed by atoms with E-state index in [-0.39, 0.29) is 17.8 Å². The fourth-order valence-corrected chi connectivity index (χ4v) is 2.28. The average Bonchev–Trinajstić information content (AvgIpc) is 2.60. The van der Waals surface area contributed by atoms with Gasteiger partial charge >= 0.3 is 0 Å². The van der Waals surface area contributed by atoms with Gasteiger partial charge in [-0.1, -0.05) is 6.07 Å². The zero-order chi connectivity index (χ0) is 19.1. The summed E-state index contributed by atoms with van der Waals surface area (Å²) in [4.78, 5) is 23.3. The maximum Gasteiger partial charge on any atom is 0.248 e. The SMILES string of the molecule is COc1cc(/C=C/C(=O)Nc2ccc(C(C)=O)cc2)ccc1OC(C)C. The van der Waals surface area contributed by atoms with Crippen LogP contribution in [0.5, 0.6) is 11.5 Å². The van der Waals surface area contributed by atoms with Gasteiger partial charge in [0.05, 0.1) is 13.2 Å². The average molecular weight is 353 g/mol. The minimum absolute atomic E-state index is 0.0124. The van der Waals surface area contributed by atoms with Crippen molar-refractivity contribution in [3.05, 3.63) is 59.7 Å². The van der Waals surface area contributed by atoms with E-state index >= 15 is 0 Å². The van der Waals surface area contributed by atoms with Gasteiger partial charge in [0.15, 0.2) is 17.3 Å². The predicted molar refractivity (Wildman–Crippen MR) is 103 cm³/mol. The van der Waals surface area contributed by atoms with Crippen molar-refractivity contribution >= 4 is 23.5 Å². The van der Waals surface area contributed by atoms with Gasteiger partial charge in [-0.2, -0.15) is 0 Å². The van der Waals surface area contributed by atoms with E-state index in [1.54, 1.807) is 37.5 Å². The minimum atomic E-state index is -0.262. The second kappa shape index (κ2) is 8.85. The molecule has 0 radical (unpaired) electrons. The largest absolute Gasteiger partial charge is 0.493 e. The third-order valence-electron chi connectivity index (χ3n) is 3.54. The van der Waals surface area contributed by atoms with Gasteiger partial charge in [-0.3, -0.25) is 9.59 Å². The van der Waals surface area contributed by atoms with Gasteiger partial charge in [-0.05, 0) is 68.8 Å². The Labute approximate surface area is 153 Å². The Morgan fingerprint density at radius 2 is 1.73 bits per heavy atom. The van der Waals surface area contributed by atoms with Crippen molar-refractivity contribution in [3.63, 3.8) is 0 Å². The fraction of sp³-hybridized carbons (Fsp3) is 0.238. The summed E-state index contributed by atoms with van der Waals surface area (Å²) >= 11 is 0. The fourth-order valence-electron chi connectivity index (χ4n) is 2.28.